The van der Waals surface area contributed by atoms with Crippen LogP contribution in [0.1, 0.15) is 43.1 Å². The normalized spacial score (nSPS) is 12.8. The van der Waals surface area contributed by atoms with Crippen LogP contribution in [0.3, 0.4) is 0 Å². The standard InChI is InChI=1S/C22H29ClN2O4S/c1-15(2)29-18-10-8-17(9-11-18)7-6-16(3)24-22(26)20-14-19(12-13-21(20)23)30(27,28)25(4)5/h8-16H,6-7H2,1-5H3,(H,24,26). The molecule has 1 unspecified atom stereocenters. The fourth-order valence-corrected chi connectivity index (χ4v) is 3.95. The topological polar surface area (TPSA) is 75.7 Å². The Kier molecular flexibility index (Phi) is 8.29. The van der Waals surface area contributed by atoms with Crippen LogP contribution in [0.5, 0.6) is 5.75 Å². The van der Waals surface area contributed by atoms with E-state index in [1.54, 1.807) is 0 Å². The van der Waals surface area contributed by atoms with Crippen molar-refractivity contribution in [2.24, 2.45) is 0 Å². The number of nitrogens with zero attached hydrogens (tertiary/aromatic N) is 1. The number of halogens is 1. The van der Waals surface area contributed by atoms with Gasteiger partial charge in [-0.1, -0.05) is 23.7 Å². The van der Waals surface area contributed by atoms with Crippen LogP contribution in [0.25, 0.3) is 0 Å². The Labute approximate surface area is 184 Å². The predicted octanol–water partition coefficient (Wildman–Crippen LogP) is 4.13. The summed E-state index contributed by atoms with van der Waals surface area (Å²) in [7, 11) is -0.776. The van der Waals surface area contributed by atoms with Crippen LogP contribution >= 0.6 is 11.6 Å². The van der Waals surface area contributed by atoms with Gasteiger partial charge in [0.15, 0.2) is 0 Å². The Bertz CT molecular complexity index is 973. The van der Waals surface area contributed by atoms with Gasteiger partial charge in [0, 0.05) is 20.1 Å². The van der Waals surface area contributed by atoms with Crippen LogP contribution in [-0.2, 0) is 16.4 Å². The van der Waals surface area contributed by atoms with Crippen LogP contribution in [-0.4, -0.2) is 44.9 Å². The van der Waals surface area contributed by atoms with Crippen molar-refractivity contribution in [3.05, 3.63) is 58.6 Å². The van der Waals surface area contributed by atoms with Gasteiger partial charge < -0.3 is 10.1 Å². The highest BCUT2D eigenvalue weighted by Crippen LogP contribution is 2.22. The van der Waals surface area contributed by atoms with E-state index in [4.69, 9.17) is 16.3 Å². The summed E-state index contributed by atoms with van der Waals surface area (Å²) >= 11 is 6.15. The number of amides is 1. The van der Waals surface area contributed by atoms with Crippen molar-refractivity contribution < 1.29 is 17.9 Å². The van der Waals surface area contributed by atoms with Gasteiger partial charge in [-0.05, 0) is 69.5 Å². The summed E-state index contributed by atoms with van der Waals surface area (Å²) in [5, 5.41) is 3.10. The van der Waals surface area contributed by atoms with Crippen LogP contribution in [0, 0.1) is 0 Å². The number of nitrogens with one attached hydrogen (secondary N) is 1. The van der Waals surface area contributed by atoms with E-state index in [1.165, 1.54) is 32.3 Å². The van der Waals surface area contributed by atoms with Gasteiger partial charge in [-0.15, -0.1) is 0 Å². The Hall–Kier alpha value is -2.09. The monoisotopic (exact) mass is 452 g/mol. The number of carbonyl (C=O) groups is 1. The van der Waals surface area contributed by atoms with Crippen molar-refractivity contribution in [2.75, 3.05) is 14.1 Å². The maximum Gasteiger partial charge on any atom is 0.253 e. The molecule has 0 aliphatic heterocycles. The number of hydrogen-bond donors (Lipinski definition) is 1. The van der Waals surface area contributed by atoms with Gasteiger partial charge >= 0.3 is 0 Å². The van der Waals surface area contributed by atoms with Gasteiger partial charge in [0.05, 0.1) is 21.6 Å². The molecule has 0 aromatic heterocycles. The predicted molar refractivity (Wildman–Crippen MR) is 120 cm³/mol. The Balaban J connectivity index is 2.00. The SMILES string of the molecule is CC(CCc1ccc(OC(C)C)cc1)NC(=O)c1cc(S(=O)(=O)N(C)C)ccc1Cl. The van der Waals surface area contributed by atoms with Crippen molar-refractivity contribution in [1.29, 1.82) is 0 Å². The highest BCUT2D eigenvalue weighted by molar-refractivity contribution is 7.89. The molecule has 0 saturated heterocycles. The van der Waals surface area contributed by atoms with Crippen molar-refractivity contribution in [3.63, 3.8) is 0 Å². The molecule has 0 radical (unpaired) electrons. The lowest BCUT2D eigenvalue weighted by Gasteiger charge is -2.16. The van der Waals surface area contributed by atoms with Crippen LogP contribution in [0.4, 0.5) is 0 Å². The fraction of sp³-hybridized carbons (Fsp3) is 0.409. The average molecular weight is 453 g/mol. The molecule has 30 heavy (non-hydrogen) atoms. The maximum atomic E-state index is 12.7. The van der Waals surface area contributed by atoms with Gasteiger partial charge in [-0.25, -0.2) is 12.7 Å². The third-order valence-electron chi connectivity index (χ3n) is 4.50. The zero-order chi connectivity index (χ0) is 22.5. The van der Waals surface area contributed by atoms with Gasteiger partial charge in [0.2, 0.25) is 10.0 Å². The first-order chi connectivity index (χ1) is 14.0. The summed E-state index contributed by atoms with van der Waals surface area (Å²) in [5.74, 6) is 0.432. The van der Waals surface area contributed by atoms with Crippen LogP contribution < -0.4 is 10.1 Å². The van der Waals surface area contributed by atoms with E-state index in [9.17, 15) is 13.2 Å². The molecule has 1 atom stereocenters. The fourth-order valence-electron chi connectivity index (χ4n) is 2.81. The molecule has 0 saturated carbocycles. The second-order valence-electron chi connectivity index (χ2n) is 7.65. The van der Waals surface area contributed by atoms with Gasteiger partial charge in [0.1, 0.15) is 5.75 Å². The Morgan fingerprint density at radius 3 is 2.30 bits per heavy atom. The number of aryl methyl sites for hydroxylation is 1. The van der Waals surface area contributed by atoms with Crippen molar-refractivity contribution in [3.8, 4) is 5.75 Å². The van der Waals surface area contributed by atoms with E-state index in [1.807, 2.05) is 45.0 Å². The molecule has 2 aromatic carbocycles. The molecular weight excluding hydrogens is 424 g/mol. The zero-order valence-electron chi connectivity index (χ0n) is 18.0. The van der Waals surface area contributed by atoms with Crippen LogP contribution in [0.15, 0.2) is 47.4 Å². The maximum absolute atomic E-state index is 12.7. The minimum absolute atomic E-state index is 0.0263. The highest BCUT2D eigenvalue weighted by atomic mass is 35.5. The van der Waals surface area contributed by atoms with Gasteiger partial charge in [0.25, 0.3) is 5.91 Å². The molecule has 0 bridgehead atoms. The second-order valence-corrected chi connectivity index (χ2v) is 10.2. The van der Waals surface area contributed by atoms with Crippen LogP contribution in [0.2, 0.25) is 5.02 Å². The number of rotatable bonds is 9. The van der Waals surface area contributed by atoms with E-state index < -0.39 is 15.9 Å². The molecule has 164 valence electrons. The number of carbonyl (C=O) groups excluding carboxylic acids is 1. The number of sulfonamides is 1. The number of hydrogen-bond acceptors (Lipinski definition) is 4. The Morgan fingerprint density at radius 1 is 1.10 bits per heavy atom. The first kappa shape index (κ1) is 24.2. The Morgan fingerprint density at radius 2 is 1.73 bits per heavy atom. The van der Waals surface area contributed by atoms with E-state index in [-0.39, 0.29) is 27.6 Å². The summed E-state index contributed by atoms with van der Waals surface area (Å²) in [5.41, 5.74) is 1.28. The molecule has 0 aliphatic carbocycles. The first-order valence-electron chi connectivity index (χ1n) is 9.79. The first-order valence-corrected chi connectivity index (χ1v) is 11.6. The minimum atomic E-state index is -3.65. The number of benzene rings is 2. The molecule has 1 amide bonds. The van der Waals surface area contributed by atoms with Crippen molar-refractivity contribution in [2.45, 2.75) is 50.7 Å². The summed E-state index contributed by atoms with van der Waals surface area (Å²) in [4.78, 5) is 12.7. The summed E-state index contributed by atoms with van der Waals surface area (Å²) in [6.07, 6.45) is 1.64. The third kappa shape index (κ3) is 6.45. The third-order valence-corrected chi connectivity index (χ3v) is 6.64. The molecular formula is C22H29ClN2O4S. The molecule has 0 heterocycles. The van der Waals surface area contributed by atoms with E-state index >= 15 is 0 Å². The lowest BCUT2D eigenvalue weighted by Crippen LogP contribution is -2.33. The van der Waals surface area contributed by atoms with Crippen molar-refractivity contribution >= 4 is 27.5 Å². The summed E-state index contributed by atoms with van der Waals surface area (Å²) < 4.78 is 31.4. The molecule has 0 spiro atoms. The largest absolute Gasteiger partial charge is 0.491 e. The van der Waals surface area contributed by atoms with E-state index in [0.29, 0.717) is 0 Å². The second kappa shape index (κ2) is 10.3. The molecule has 8 heteroatoms. The molecule has 0 fully saturated rings. The van der Waals surface area contributed by atoms with E-state index in [0.717, 1.165) is 28.5 Å². The molecule has 6 nitrogen and oxygen atoms in total. The molecule has 0 aliphatic rings. The lowest BCUT2D eigenvalue weighted by molar-refractivity contribution is 0.0938. The molecule has 2 aromatic rings. The summed E-state index contributed by atoms with van der Waals surface area (Å²) in [6, 6.07) is 11.9. The highest BCUT2D eigenvalue weighted by Gasteiger charge is 2.21. The molecule has 1 N–H and O–H groups in total. The van der Waals surface area contributed by atoms with Crippen molar-refractivity contribution in [1.82, 2.24) is 9.62 Å². The lowest BCUT2D eigenvalue weighted by atomic mass is 10.1. The van der Waals surface area contributed by atoms with E-state index in [2.05, 4.69) is 5.32 Å². The molecule has 2 rings (SSSR count). The quantitative estimate of drug-likeness (QED) is 0.620. The number of ether oxygens (including phenoxy) is 1. The van der Waals surface area contributed by atoms with Gasteiger partial charge in [-0.3, -0.25) is 4.79 Å². The minimum Gasteiger partial charge on any atom is -0.491 e. The smallest absolute Gasteiger partial charge is 0.253 e. The zero-order valence-corrected chi connectivity index (χ0v) is 19.5. The van der Waals surface area contributed by atoms with Gasteiger partial charge in [-0.2, -0.15) is 0 Å². The summed E-state index contributed by atoms with van der Waals surface area (Å²) in [6.45, 7) is 5.87. The average Bonchev–Trinajstić information content (AvgIpc) is 2.67.